The molecule has 1 heterocycles. The van der Waals surface area contributed by atoms with Gasteiger partial charge in [-0.2, -0.15) is 4.31 Å². The van der Waals surface area contributed by atoms with Gasteiger partial charge in [0.1, 0.15) is 17.7 Å². The largest absolute Gasteiger partial charge is 0.488 e. The third-order valence-electron chi connectivity index (χ3n) is 6.91. The molecule has 3 aromatic carbocycles. The first-order chi connectivity index (χ1) is 19.5. The first-order valence-corrected chi connectivity index (χ1v) is 14.5. The molecule has 41 heavy (non-hydrogen) atoms. The van der Waals surface area contributed by atoms with Crippen molar-refractivity contribution < 1.29 is 32.2 Å². The van der Waals surface area contributed by atoms with E-state index in [2.05, 4.69) is 10.6 Å². The minimum Gasteiger partial charge on any atom is -0.488 e. The molecule has 10 nitrogen and oxygen atoms in total. The number of fused-ring (bicyclic) bond motifs is 1. The normalized spacial score (nSPS) is 18.1. The van der Waals surface area contributed by atoms with Crippen molar-refractivity contribution in [3.8, 4) is 5.75 Å². The molecule has 0 aliphatic carbocycles. The average Bonchev–Trinajstić information content (AvgIpc) is 2.96. The van der Waals surface area contributed by atoms with Crippen LogP contribution in [0.1, 0.15) is 24.2 Å². The van der Waals surface area contributed by atoms with Gasteiger partial charge in [-0.3, -0.25) is 4.79 Å². The van der Waals surface area contributed by atoms with Gasteiger partial charge in [0, 0.05) is 30.9 Å². The molecule has 1 aliphatic heterocycles. The molecule has 218 valence electrons. The Morgan fingerprint density at radius 2 is 1.73 bits per heavy atom. The molecule has 1 aliphatic rings. The van der Waals surface area contributed by atoms with Gasteiger partial charge in [0.25, 0.3) is 5.91 Å². The second kappa shape index (κ2) is 12.7. The van der Waals surface area contributed by atoms with Crippen LogP contribution in [0.2, 0.25) is 0 Å². The van der Waals surface area contributed by atoms with E-state index in [0.717, 1.165) is 0 Å². The number of aliphatic hydroxyl groups is 1. The summed E-state index contributed by atoms with van der Waals surface area (Å²) in [5, 5.41) is 15.1. The molecule has 0 spiro atoms. The summed E-state index contributed by atoms with van der Waals surface area (Å²) in [6.07, 6.45) is -0.640. The van der Waals surface area contributed by atoms with Crippen LogP contribution >= 0.6 is 0 Å². The highest BCUT2D eigenvalue weighted by molar-refractivity contribution is 7.89. The number of anilines is 2. The van der Waals surface area contributed by atoms with E-state index >= 15 is 0 Å². The van der Waals surface area contributed by atoms with Crippen molar-refractivity contribution in [1.82, 2.24) is 9.21 Å². The number of rotatable bonds is 8. The van der Waals surface area contributed by atoms with E-state index in [1.165, 1.54) is 58.7 Å². The van der Waals surface area contributed by atoms with Crippen molar-refractivity contribution in [1.29, 1.82) is 0 Å². The minimum atomic E-state index is -3.80. The molecule has 0 aromatic heterocycles. The second-order valence-electron chi connectivity index (χ2n) is 10.0. The Balaban J connectivity index is 1.61. The summed E-state index contributed by atoms with van der Waals surface area (Å²) in [5.41, 5.74) is 0.824. The SMILES string of the molecule is C[C@H](CO)N1C[C@H](C)[C@@H](CN(C)S(=O)(=O)c2ccccc2)Oc2ccc(NC(=O)Nc3ccc(F)cc3)cc2C1=O. The van der Waals surface area contributed by atoms with Gasteiger partial charge in [0.15, 0.2) is 0 Å². The lowest BCUT2D eigenvalue weighted by Gasteiger charge is -2.38. The number of amides is 3. The predicted octanol–water partition coefficient (Wildman–Crippen LogP) is 4.01. The van der Waals surface area contributed by atoms with Crippen molar-refractivity contribution in [3.05, 3.63) is 84.2 Å². The van der Waals surface area contributed by atoms with Crippen LogP contribution in [0.5, 0.6) is 5.75 Å². The Kier molecular flexibility index (Phi) is 9.26. The minimum absolute atomic E-state index is 0.00739. The lowest BCUT2D eigenvalue weighted by Crippen LogP contribution is -2.50. The van der Waals surface area contributed by atoms with Crippen molar-refractivity contribution in [2.45, 2.75) is 30.9 Å². The van der Waals surface area contributed by atoms with Gasteiger partial charge in [-0.25, -0.2) is 17.6 Å². The lowest BCUT2D eigenvalue weighted by atomic mass is 9.99. The van der Waals surface area contributed by atoms with Gasteiger partial charge in [-0.15, -0.1) is 0 Å². The van der Waals surface area contributed by atoms with Crippen molar-refractivity contribution in [2.75, 3.05) is 37.4 Å². The molecule has 3 N–H and O–H groups in total. The highest BCUT2D eigenvalue weighted by atomic mass is 32.2. The Morgan fingerprint density at radius 1 is 1.10 bits per heavy atom. The third kappa shape index (κ3) is 7.02. The van der Waals surface area contributed by atoms with Crippen molar-refractivity contribution in [3.63, 3.8) is 0 Å². The maximum atomic E-state index is 13.6. The highest BCUT2D eigenvalue weighted by Crippen LogP contribution is 2.31. The molecular formula is C29H33FN4O6S. The van der Waals surface area contributed by atoms with Crippen LogP contribution in [0.3, 0.4) is 0 Å². The molecule has 0 bridgehead atoms. The zero-order valence-electron chi connectivity index (χ0n) is 23.0. The van der Waals surface area contributed by atoms with Gasteiger partial charge >= 0.3 is 6.03 Å². The summed E-state index contributed by atoms with van der Waals surface area (Å²) in [5.74, 6) is -0.917. The van der Waals surface area contributed by atoms with E-state index < -0.39 is 39.9 Å². The highest BCUT2D eigenvalue weighted by Gasteiger charge is 2.35. The van der Waals surface area contributed by atoms with Crippen LogP contribution in [-0.2, 0) is 10.0 Å². The zero-order valence-corrected chi connectivity index (χ0v) is 23.8. The number of likely N-dealkylation sites (N-methyl/N-ethyl adjacent to an activating group) is 1. The molecule has 0 saturated heterocycles. The Hall–Kier alpha value is -4.00. The number of benzene rings is 3. The van der Waals surface area contributed by atoms with Crippen LogP contribution in [0.25, 0.3) is 0 Å². The fourth-order valence-electron chi connectivity index (χ4n) is 4.47. The van der Waals surface area contributed by atoms with Gasteiger partial charge < -0.3 is 25.4 Å². The summed E-state index contributed by atoms with van der Waals surface area (Å²) in [7, 11) is -2.32. The smallest absolute Gasteiger partial charge is 0.323 e. The van der Waals surface area contributed by atoms with Crippen molar-refractivity contribution in [2.24, 2.45) is 5.92 Å². The van der Waals surface area contributed by atoms with Crippen LogP contribution in [-0.4, -0.2) is 73.6 Å². The molecule has 0 fully saturated rings. The number of carbonyl (C=O) groups is 2. The summed E-state index contributed by atoms with van der Waals surface area (Å²) >= 11 is 0. The monoisotopic (exact) mass is 584 g/mol. The summed E-state index contributed by atoms with van der Waals surface area (Å²) in [6, 6.07) is 16.8. The standard InChI is InChI=1S/C29H33FN4O6S/c1-19-16-34(20(2)18-35)28(36)25-15-23(32-29(37)31-22-11-9-21(30)10-12-22)13-14-26(25)40-27(19)17-33(3)41(38,39)24-7-5-4-6-8-24/h4-15,19-20,27,35H,16-18H2,1-3H3,(H2,31,32,37)/t19-,20+,27+/m0/s1. The Bertz CT molecular complexity index is 1490. The quantitative estimate of drug-likeness (QED) is 0.367. The molecule has 12 heteroatoms. The van der Waals surface area contributed by atoms with E-state index in [0.29, 0.717) is 11.4 Å². The number of nitrogens with zero attached hydrogens (tertiary/aromatic N) is 2. The first kappa shape index (κ1) is 30.0. The fraction of sp³-hybridized carbons (Fsp3) is 0.310. The number of halogens is 1. The molecular weight excluding hydrogens is 551 g/mol. The van der Waals surface area contributed by atoms with Gasteiger partial charge in [0.2, 0.25) is 10.0 Å². The van der Waals surface area contributed by atoms with Crippen LogP contribution in [0.4, 0.5) is 20.6 Å². The van der Waals surface area contributed by atoms with Crippen molar-refractivity contribution >= 4 is 33.3 Å². The summed E-state index contributed by atoms with van der Waals surface area (Å²) < 4.78 is 47.0. The first-order valence-electron chi connectivity index (χ1n) is 13.1. The van der Waals surface area contributed by atoms with E-state index in [1.54, 1.807) is 37.3 Å². The number of hydrogen-bond donors (Lipinski definition) is 3. The van der Waals surface area contributed by atoms with Crippen LogP contribution in [0.15, 0.2) is 77.7 Å². The van der Waals surface area contributed by atoms with E-state index in [9.17, 15) is 27.5 Å². The Labute approximate surface area is 238 Å². The van der Waals surface area contributed by atoms with Crippen LogP contribution < -0.4 is 15.4 Å². The number of urea groups is 1. The number of nitrogens with one attached hydrogen (secondary N) is 2. The number of carbonyl (C=O) groups excluding carboxylic acids is 2. The zero-order chi connectivity index (χ0) is 29.7. The maximum Gasteiger partial charge on any atom is 0.323 e. The Morgan fingerprint density at radius 3 is 2.39 bits per heavy atom. The van der Waals surface area contributed by atoms with Gasteiger partial charge in [-0.1, -0.05) is 25.1 Å². The maximum absolute atomic E-state index is 13.6. The molecule has 0 radical (unpaired) electrons. The van der Waals surface area contributed by atoms with E-state index in [-0.39, 0.29) is 41.8 Å². The van der Waals surface area contributed by atoms with Crippen LogP contribution in [0, 0.1) is 11.7 Å². The van der Waals surface area contributed by atoms with E-state index in [1.807, 2.05) is 6.92 Å². The molecule has 4 rings (SSSR count). The molecule has 3 amide bonds. The molecule has 0 unspecified atom stereocenters. The lowest BCUT2D eigenvalue weighted by molar-refractivity contribution is 0.0387. The topological polar surface area (TPSA) is 128 Å². The number of sulfonamides is 1. The predicted molar refractivity (Wildman–Crippen MR) is 153 cm³/mol. The molecule has 3 atom stereocenters. The van der Waals surface area contributed by atoms with E-state index in [4.69, 9.17) is 4.74 Å². The van der Waals surface area contributed by atoms with Gasteiger partial charge in [-0.05, 0) is 61.5 Å². The fourth-order valence-corrected chi connectivity index (χ4v) is 5.67. The second-order valence-corrected chi connectivity index (χ2v) is 12.1. The summed E-state index contributed by atoms with van der Waals surface area (Å²) in [6.45, 7) is 3.50. The number of aliphatic hydroxyl groups excluding tert-OH is 1. The number of ether oxygens (including phenoxy) is 1. The third-order valence-corrected chi connectivity index (χ3v) is 8.75. The number of hydrogen-bond acceptors (Lipinski definition) is 6. The molecule has 3 aromatic rings. The molecule has 0 saturated carbocycles. The average molecular weight is 585 g/mol. The van der Waals surface area contributed by atoms with Gasteiger partial charge in [0.05, 0.1) is 29.7 Å². The summed E-state index contributed by atoms with van der Waals surface area (Å²) in [4.78, 5) is 27.9.